The van der Waals surface area contributed by atoms with E-state index in [9.17, 15) is 4.79 Å². The molecule has 1 heterocycles. The molecule has 0 spiro atoms. The van der Waals surface area contributed by atoms with E-state index in [1.165, 1.54) is 0 Å². The molecule has 3 rings (SSSR count). The number of nitrogens with zero attached hydrogens (tertiary/aromatic N) is 2. The highest BCUT2D eigenvalue weighted by molar-refractivity contribution is 6.35. The van der Waals surface area contributed by atoms with Crippen molar-refractivity contribution in [3.63, 3.8) is 0 Å². The first-order valence-corrected chi connectivity index (χ1v) is 8.57. The molecule has 0 atom stereocenters. The van der Waals surface area contributed by atoms with Crippen LogP contribution in [0.3, 0.4) is 0 Å². The Balaban J connectivity index is 1.52. The molecule has 0 radical (unpaired) electrons. The average molecular weight is 366 g/mol. The average Bonchev–Trinajstić information content (AvgIpc) is 2.59. The van der Waals surface area contributed by atoms with Gasteiger partial charge in [0, 0.05) is 23.5 Å². The van der Waals surface area contributed by atoms with Crippen LogP contribution in [0.1, 0.15) is 36.0 Å². The Bertz CT molecular complexity index is 704. The zero-order valence-electron chi connectivity index (χ0n) is 12.9. The zero-order valence-corrected chi connectivity index (χ0v) is 14.4. The third kappa shape index (κ3) is 4.36. The van der Waals surface area contributed by atoms with Gasteiger partial charge in [0.05, 0.1) is 10.6 Å². The fourth-order valence-corrected chi connectivity index (χ4v) is 3.13. The van der Waals surface area contributed by atoms with Crippen LogP contribution in [0, 0.1) is 0 Å². The van der Waals surface area contributed by atoms with Gasteiger partial charge in [0.25, 0.3) is 5.91 Å². The van der Waals surface area contributed by atoms with Gasteiger partial charge in [0.1, 0.15) is 6.10 Å². The quantitative estimate of drug-likeness (QED) is 0.891. The molecule has 1 aromatic carbocycles. The number of halogens is 2. The first-order valence-electron chi connectivity index (χ1n) is 7.81. The van der Waals surface area contributed by atoms with E-state index in [4.69, 9.17) is 27.9 Å². The summed E-state index contributed by atoms with van der Waals surface area (Å²) < 4.78 is 5.75. The predicted molar refractivity (Wildman–Crippen MR) is 92.6 cm³/mol. The van der Waals surface area contributed by atoms with Gasteiger partial charge >= 0.3 is 6.01 Å². The number of ether oxygens (including phenoxy) is 1. The summed E-state index contributed by atoms with van der Waals surface area (Å²) in [5.41, 5.74) is 0.403. The number of rotatable bonds is 4. The SMILES string of the molecule is O=C(NC1CCC(Oc2ncccn2)CC1)c1cc(Cl)ccc1Cl. The molecular weight excluding hydrogens is 349 g/mol. The van der Waals surface area contributed by atoms with Crippen molar-refractivity contribution in [3.05, 3.63) is 52.3 Å². The summed E-state index contributed by atoms with van der Waals surface area (Å²) in [5.74, 6) is -0.196. The standard InChI is InChI=1S/C17H17Cl2N3O2/c18-11-2-7-15(19)14(10-11)16(23)22-12-3-5-13(6-4-12)24-17-20-8-1-9-21-17/h1-2,7-10,12-13H,3-6H2,(H,22,23). The number of amides is 1. The maximum atomic E-state index is 12.4. The second-order valence-electron chi connectivity index (χ2n) is 5.72. The zero-order chi connectivity index (χ0) is 16.9. The molecule has 1 aromatic heterocycles. The van der Waals surface area contributed by atoms with E-state index < -0.39 is 0 Å². The second kappa shape index (κ2) is 7.81. The lowest BCUT2D eigenvalue weighted by Crippen LogP contribution is -2.39. The Hall–Kier alpha value is -1.85. The molecule has 1 amide bonds. The van der Waals surface area contributed by atoms with Crippen molar-refractivity contribution in [1.29, 1.82) is 0 Å². The molecule has 0 bridgehead atoms. The minimum absolute atomic E-state index is 0.0790. The van der Waals surface area contributed by atoms with Gasteiger partial charge in [-0.25, -0.2) is 9.97 Å². The number of carbonyl (C=O) groups is 1. The lowest BCUT2D eigenvalue weighted by atomic mass is 9.92. The fourth-order valence-electron chi connectivity index (χ4n) is 2.76. The molecule has 1 saturated carbocycles. The molecule has 0 unspecified atom stereocenters. The third-order valence-electron chi connectivity index (χ3n) is 4.00. The van der Waals surface area contributed by atoms with E-state index in [1.807, 2.05) is 0 Å². The van der Waals surface area contributed by atoms with Gasteiger partial charge < -0.3 is 10.1 Å². The molecule has 5 nitrogen and oxygen atoms in total. The van der Waals surface area contributed by atoms with E-state index in [2.05, 4.69) is 15.3 Å². The molecule has 0 saturated heterocycles. The Kier molecular flexibility index (Phi) is 5.53. The van der Waals surface area contributed by atoms with Gasteiger partial charge in [-0.2, -0.15) is 0 Å². The van der Waals surface area contributed by atoms with Gasteiger partial charge in [-0.15, -0.1) is 0 Å². The van der Waals surface area contributed by atoms with Crippen LogP contribution in [-0.4, -0.2) is 28.0 Å². The summed E-state index contributed by atoms with van der Waals surface area (Å²) in [4.78, 5) is 20.5. The molecule has 126 valence electrons. The molecule has 1 N–H and O–H groups in total. The first kappa shape index (κ1) is 17.0. The van der Waals surface area contributed by atoms with Crippen LogP contribution in [0.25, 0.3) is 0 Å². The topological polar surface area (TPSA) is 64.1 Å². The number of benzene rings is 1. The predicted octanol–water partition coefficient (Wildman–Crippen LogP) is 3.90. The second-order valence-corrected chi connectivity index (χ2v) is 6.56. The molecule has 0 aliphatic heterocycles. The van der Waals surface area contributed by atoms with Gasteiger partial charge in [-0.3, -0.25) is 4.79 Å². The van der Waals surface area contributed by atoms with Gasteiger partial charge in [0.15, 0.2) is 0 Å². The highest BCUT2D eigenvalue weighted by Crippen LogP contribution is 2.24. The molecule has 1 aliphatic rings. The Labute approximate surface area is 150 Å². The highest BCUT2D eigenvalue weighted by atomic mass is 35.5. The Morgan fingerprint density at radius 2 is 1.83 bits per heavy atom. The smallest absolute Gasteiger partial charge is 0.316 e. The summed E-state index contributed by atoms with van der Waals surface area (Å²) in [6, 6.07) is 7.12. The van der Waals surface area contributed by atoms with Gasteiger partial charge in [0.2, 0.25) is 0 Å². The first-order chi connectivity index (χ1) is 11.6. The van der Waals surface area contributed by atoms with Crippen LogP contribution >= 0.6 is 23.2 Å². The lowest BCUT2D eigenvalue weighted by Gasteiger charge is -2.28. The van der Waals surface area contributed by atoms with E-state index in [0.717, 1.165) is 25.7 Å². The van der Waals surface area contributed by atoms with Crippen LogP contribution in [0.15, 0.2) is 36.7 Å². The van der Waals surface area contributed by atoms with Gasteiger partial charge in [-0.1, -0.05) is 23.2 Å². The minimum atomic E-state index is -0.196. The summed E-state index contributed by atoms with van der Waals surface area (Å²) in [7, 11) is 0. The number of aromatic nitrogens is 2. The monoisotopic (exact) mass is 365 g/mol. The maximum absolute atomic E-state index is 12.4. The van der Waals surface area contributed by atoms with Crippen molar-refractivity contribution in [3.8, 4) is 6.01 Å². The molecule has 24 heavy (non-hydrogen) atoms. The summed E-state index contributed by atoms with van der Waals surface area (Å²) in [6.45, 7) is 0. The van der Waals surface area contributed by atoms with E-state index in [-0.39, 0.29) is 18.1 Å². The van der Waals surface area contributed by atoms with Crippen molar-refractivity contribution in [1.82, 2.24) is 15.3 Å². The summed E-state index contributed by atoms with van der Waals surface area (Å²) in [5, 5.41) is 3.91. The van der Waals surface area contributed by atoms with Crippen LogP contribution in [0.4, 0.5) is 0 Å². The number of hydrogen-bond donors (Lipinski definition) is 1. The number of hydrogen-bond acceptors (Lipinski definition) is 4. The molecule has 1 fully saturated rings. The van der Waals surface area contributed by atoms with Crippen LogP contribution < -0.4 is 10.1 Å². The third-order valence-corrected chi connectivity index (χ3v) is 4.56. The molecule has 2 aromatic rings. The van der Waals surface area contributed by atoms with E-state index in [1.54, 1.807) is 36.7 Å². The largest absolute Gasteiger partial charge is 0.460 e. The van der Waals surface area contributed by atoms with Crippen molar-refractivity contribution in [2.75, 3.05) is 0 Å². The summed E-state index contributed by atoms with van der Waals surface area (Å²) in [6.07, 6.45) is 6.74. The van der Waals surface area contributed by atoms with Crippen molar-refractivity contribution in [2.24, 2.45) is 0 Å². The van der Waals surface area contributed by atoms with Crippen LogP contribution in [0.5, 0.6) is 6.01 Å². The maximum Gasteiger partial charge on any atom is 0.316 e. The normalized spacial score (nSPS) is 20.4. The lowest BCUT2D eigenvalue weighted by molar-refractivity contribution is 0.0885. The minimum Gasteiger partial charge on any atom is -0.460 e. The fraction of sp³-hybridized carbons (Fsp3) is 0.353. The molecule has 7 heteroatoms. The van der Waals surface area contributed by atoms with Crippen LogP contribution in [-0.2, 0) is 0 Å². The molecule has 1 aliphatic carbocycles. The Morgan fingerprint density at radius 1 is 1.12 bits per heavy atom. The van der Waals surface area contributed by atoms with E-state index >= 15 is 0 Å². The number of nitrogens with one attached hydrogen (secondary N) is 1. The van der Waals surface area contributed by atoms with Crippen molar-refractivity contribution in [2.45, 2.75) is 37.8 Å². The van der Waals surface area contributed by atoms with Crippen molar-refractivity contribution >= 4 is 29.1 Å². The van der Waals surface area contributed by atoms with Crippen molar-refractivity contribution < 1.29 is 9.53 Å². The Morgan fingerprint density at radius 3 is 2.54 bits per heavy atom. The highest BCUT2D eigenvalue weighted by Gasteiger charge is 2.25. The summed E-state index contributed by atoms with van der Waals surface area (Å²) >= 11 is 12.0. The number of carbonyl (C=O) groups excluding carboxylic acids is 1. The molecular formula is C17H17Cl2N3O2. The van der Waals surface area contributed by atoms with E-state index in [0.29, 0.717) is 21.6 Å². The van der Waals surface area contributed by atoms with Gasteiger partial charge in [-0.05, 0) is 49.9 Å². The van der Waals surface area contributed by atoms with Crippen LogP contribution in [0.2, 0.25) is 10.0 Å².